The van der Waals surface area contributed by atoms with E-state index in [9.17, 15) is 0 Å². The van der Waals surface area contributed by atoms with E-state index in [-0.39, 0.29) is 12.1 Å². The van der Waals surface area contributed by atoms with Crippen LogP contribution in [0.5, 0.6) is 0 Å². The van der Waals surface area contributed by atoms with E-state index >= 15 is 0 Å². The van der Waals surface area contributed by atoms with Crippen LogP contribution in [0, 0.1) is 6.92 Å². The molecule has 8 heteroatoms. The molecule has 1 aliphatic heterocycles. The summed E-state index contributed by atoms with van der Waals surface area (Å²) >= 11 is 6.18. The Labute approximate surface area is 196 Å². The summed E-state index contributed by atoms with van der Waals surface area (Å²) in [5.74, 6) is 1.77. The first-order chi connectivity index (χ1) is 16.1. The molecule has 0 bridgehead atoms. The topological polar surface area (TPSA) is 81.1 Å². The number of aliphatic imine (C=N–C) groups is 1. The molecule has 1 fully saturated rings. The lowest BCUT2D eigenvalue weighted by molar-refractivity contribution is 0.277. The standard InChI is InChI=1S/C25H23ClN6O/c1-16-29-30-24-25(9-10-25)28-23(17-3-6-20(26)7-4-17)21-13-18(5-8-22(21)32(16)24)19-14-27-31(15-19)11-2-12-33/h3-8,13-15,33H,2,9-12H2,1H3. The van der Waals surface area contributed by atoms with Crippen LogP contribution in [0.3, 0.4) is 0 Å². The molecule has 2 aliphatic rings. The molecule has 1 N–H and O–H groups in total. The van der Waals surface area contributed by atoms with E-state index in [1.54, 1.807) is 0 Å². The Morgan fingerprint density at radius 2 is 1.82 bits per heavy atom. The summed E-state index contributed by atoms with van der Waals surface area (Å²) in [6.45, 7) is 2.82. The number of aryl methyl sites for hydroxylation is 2. The van der Waals surface area contributed by atoms with E-state index in [1.807, 2.05) is 48.3 Å². The maximum Gasteiger partial charge on any atom is 0.165 e. The Morgan fingerprint density at radius 3 is 2.58 bits per heavy atom. The van der Waals surface area contributed by atoms with Crippen LogP contribution in [0.4, 0.5) is 0 Å². The highest BCUT2D eigenvalue weighted by Crippen LogP contribution is 2.51. The van der Waals surface area contributed by atoms with Crippen LogP contribution in [0.25, 0.3) is 16.8 Å². The molecule has 0 radical (unpaired) electrons. The van der Waals surface area contributed by atoms with Gasteiger partial charge in [0.2, 0.25) is 0 Å². The van der Waals surface area contributed by atoms with Crippen molar-refractivity contribution < 1.29 is 5.11 Å². The molecule has 0 amide bonds. The van der Waals surface area contributed by atoms with E-state index in [0.29, 0.717) is 18.0 Å². The third kappa shape index (κ3) is 3.39. The van der Waals surface area contributed by atoms with Crippen LogP contribution in [0.2, 0.25) is 5.02 Å². The van der Waals surface area contributed by atoms with Crippen LogP contribution in [0.1, 0.15) is 42.0 Å². The molecule has 2 aromatic heterocycles. The van der Waals surface area contributed by atoms with Crippen LogP contribution < -0.4 is 0 Å². The quantitative estimate of drug-likeness (QED) is 0.483. The predicted molar refractivity (Wildman–Crippen MR) is 127 cm³/mol. The molecule has 1 spiro atoms. The number of halogens is 1. The van der Waals surface area contributed by atoms with E-state index in [0.717, 1.165) is 58.1 Å². The molecular formula is C25H23ClN6O. The zero-order valence-corrected chi connectivity index (χ0v) is 19.0. The first-order valence-corrected chi connectivity index (χ1v) is 11.5. The molecule has 0 unspecified atom stereocenters. The number of hydrogen-bond donors (Lipinski definition) is 1. The van der Waals surface area contributed by atoms with Crippen molar-refractivity contribution in [2.75, 3.05) is 6.61 Å². The maximum absolute atomic E-state index is 9.12. The zero-order chi connectivity index (χ0) is 22.6. The van der Waals surface area contributed by atoms with Gasteiger partial charge in [0.1, 0.15) is 11.4 Å². The fourth-order valence-corrected chi connectivity index (χ4v) is 4.65. The van der Waals surface area contributed by atoms with Crippen molar-refractivity contribution in [2.45, 2.75) is 38.3 Å². The molecule has 4 aromatic rings. The molecule has 166 valence electrons. The van der Waals surface area contributed by atoms with Crippen LogP contribution in [0.15, 0.2) is 59.9 Å². The SMILES string of the molecule is Cc1nnc2n1-c1ccc(-c3cnn(CCCO)c3)cc1C(c1ccc(Cl)cc1)=NC21CC1. The van der Waals surface area contributed by atoms with Crippen molar-refractivity contribution in [3.8, 4) is 16.8 Å². The molecule has 1 saturated carbocycles. The molecule has 1 aliphatic carbocycles. The number of aliphatic hydroxyl groups excluding tert-OH is 1. The van der Waals surface area contributed by atoms with E-state index < -0.39 is 0 Å². The average molecular weight is 459 g/mol. The number of aliphatic hydroxyl groups is 1. The minimum absolute atomic E-state index is 0.150. The third-order valence-electron chi connectivity index (χ3n) is 6.41. The monoisotopic (exact) mass is 458 g/mol. The number of rotatable bonds is 5. The number of nitrogens with zero attached hydrogens (tertiary/aromatic N) is 6. The van der Waals surface area contributed by atoms with Gasteiger partial charge in [-0.25, -0.2) is 0 Å². The largest absolute Gasteiger partial charge is 0.396 e. The lowest BCUT2D eigenvalue weighted by Crippen LogP contribution is -2.11. The van der Waals surface area contributed by atoms with Crippen molar-refractivity contribution in [1.82, 2.24) is 24.5 Å². The number of fused-ring (bicyclic) bond motifs is 4. The normalized spacial score (nSPS) is 15.7. The summed E-state index contributed by atoms with van der Waals surface area (Å²) in [7, 11) is 0. The van der Waals surface area contributed by atoms with Gasteiger partial charge in [0, 0.05) is 41.1 Å². The highest BCUT2D eigenvalue weighted by Gasteiger charge is 2.51. The van der Waals surface area contributed by atoms with Gasteiger partial charge in [0.05, 0.1) is 17.6 Å². The summed E-state index contributed by atoms with van der Waals surface area (Å²) in [6, 6.07) is 14.3. The molecule has 7 nitrogen and oxygen atoms in total. The van der Waals surface area contributed by atoms with Gasteiger partial charge in [-0.2, -0.15) is 5.10 Å². The fourth-order valence-electron chi connectivity index (χ4n) is 4.53. The second-order valence-electron chi connectivity index (χ2n) is 8.71. The lowest BCUT2D eigenvalue weighted by atomic mass is 9.96. The first-order valence-electron chi connectivity index (χ1n) is 11.1. The summed E-state index contributed by atoms with van der Waals surface area (Å²) in [5, 5.41) is 23.2. The van der Waals surface area contributed by atoms with Crippen molar-refractivity contribution >= 4 is 17.3 Å². The van der Waals surface area contributed by atoms with Crippen molar-refractivity contribution in [2.24, 2.45) is 4.99 Å². The second kappa shape index (κ2) is 7.64. The third-order valence-corrected chi connectivity index (χ3v) is 6.66. The van der Waals surface area contributed by atoms with Gasteiger partial charge in [0.25, 0.3) is 0 Å². The summed E-state index contributed by atoms with van der Waals surface area (Å²) in [5.41, 5.74) is 5.79. The first kappa shape index (κ1) is 20.3. The van der Waals surface area contributed by atoms with Crippen LogP contribution in [-0.2, 0) is 12.1 Å². The van der Waals surface area contributed by atoms with Gasteiger partial charge in [-0.1, -0.05) is 29.8 Å². The van der Waals surface area contributed by atoms with Gasteiger partial charge in [-0.15, -0.1) is 10.2 Å². The second-order valence-corrected chi connectivity index (χ2v) is 9.14. The summed E-state index contributed by atoms with van der Waals surface area (Å²) in [6.07, 6.45) is 6.48. The Balaban J connectivity index is 1.54. The summed E-state index contributed by atoms with van der Waals surface area (Å²) in [4.78, 5) is 5.30. The van der Waals surface area contributed by atoms with Gasteiger partial charge in [-0.3, -0.25) is 14.2 Å². The zero-order valence-electron chi connectivity index (χ0n) is 18.2. The van der Waals surface area contributed by atoms with Crippen LogP contribution >= 0.6 is 11.6 Å². The number of benzene rings is 2. The number of aromatic nitrogens is 5. The van der Waals surface area contributed by atoms with Gasteiger partial charge < -0.3 is 5.11 Å². The van der Waals surface area contributed by atoms with Gasteiger partial charge in [-0.05, 0) is 56.0 Å². The molecule has 3 heterocycles. The van der Waals surface area contributed by atoms with Crippen molar-refractivity contribution in [3.05, 3.63) is 82.7 Å². The van der Waals surface area contributed by atoms with Crippen molar-refractivity contribution in [1.29, 1.82) is 0 Å². The molecule has 0 atom stereocenters. The average Bonchev–Trinajstić information content (AvgIpc) is 3.30. The predicted octanol–water partition coefficient (Wildman–Crippen LogP) is 4.32. The fraction of sp³-hybridized carbons (Fsp3) is 0.280. The molecular weight excluding hydrogens is 436 g/mol. The van der Waals surface area contributed by atoms with Gasteiger partial charge in [0.15, 0.2) is 5.82 Å². The minimum Gasteiger partial charge on any atom is -0.396 e. The smallest absolute Gasteiger partial charge is 0.165 e. The highest BCUT2D eigenvalue weighted by molar-refractivity contribution is 6.30. The van der Waals surface area contributed by atoms with E-state index in [4.69, 9.17) is 21.7 Å². The van der Waals surface area contributed by atoms with Gasteiger partial charge >= 0.3 is 0 Å². The Kier molecular flexibility index (Phi) is 4.71. The molecule has 0 saturated heterocycles. The minimum atomic E-state index is -0.329. The number of hydrogen-bond acceptors (Lipinski definition) is 5. The Hall–Kier alpha value is -3.29. The lowest BCUT2D eigenvalue weighted by Gasteiger charge is -2.14. The Morgan fingerprint density at radius 1 is 1.03 bits per heavy atom. The molecule has 2 aromatic carbocycles. The maximum atomic E-state index is 9.12. The summed E-state index contributed by atoms with van der Waals surface area (Å²) < 4.78 is 4.02. The molecule has 33 heavy (non-hydrogen) atoms. The van der Waals surface area contributed by atoms with E-state index in [2.05, 4.69) is 38.1 Å². The highest BCUT2D eigenvalue weighted by atomic mass is 35.5. The Bertz CT molecular complexity index is 1380. The molecule has 6 rings (SSSR count). The van der Waals surface area contributed by atoms with E-state index in [1.165, 1.54) is 0 Å². The van der Waals surface area contributed by atoms with Crippen molar-refractivity contribution in [3.63, 3.8) is 0 Å². The van der Waals surface area contributed by atoms with Crippen LogP contribution in [-0.4, -0.2) is 42.0 Å².